The molecule has 2 aromatic heterocycles. The highest BCUT2D eigenvalue weighted by Gasteiger charge is 2.21. The number of halogens is 1. The van der Waals surface area contributed by atoms with Gasteiger partial charge in [-0.15, -0.1) is 0 Å². The molecule has 0 amide bonds. The van der Waals surface area contributed by atoms with E-state index in [-0.39, 0.29) is 6.10 Å². The highest BCUT2D eigenvalue weighted by molar-refractivity contribution is 7.99. The molecule has 3 aromatic rings. The molecular formula is C21H24ClN3OS. The Labute approximate surface area is 169 Å². The number of rotatable bonds is 8. The van der Waals surface area contributed by atoms with E-state index < -0.39 is 0 Å². The summed E-state index contributed by atoms with van der Waals surface area (Å²) in [5, 5.41) is 1.70. The van der Waals surface area contributed by atoms with E-state index in [0.29, 0.717) is 12.5 Å². The number of imidazole rings is 1. The minimum atomic E-state index is -0.122. The predicted octanol–water partition coefficient (Wildman–Crippen LogP) is 6.05. The molecule has 1 N–H and O–H groups in total. The minimum Gasteiger partial charge on any atom is -0.370 e. The summed E-state index contributed by atoms with van der Waals surface area (Å²) >= 11 is 7.76. The Morgan fingerprint density at radius 2 is 1.96 bits per heavy atom. The molecule has 0 saturated heterocycles. The molecule has 1 aromatic carbocycles. The maximum absolute atomic E-state index is 6.13. The van der Waals surface area contributed by atoms with Gasteiger partial charge in [0.25, 0.3) is 0 Å². The molecule has 2 heterocycles. The zero-order chi connectivity index (χ0) is 19.2. The Balaban J connectivity index is 1.89. The third-order valence-electron chi connectivity index (χ3n) is 4.15. The molecule has 3 rings (SSSR count). The molecule has 0 radical (unpaired) electrons. The number of nitrogens with zero attached hydrogens (tertiary/aromatic N) is 2. The van der Waals surface area contributed by atoms with Gasteiger partial charge in [-0.05, 0) is 48.7 Å². The summed E-state index contributed by atoms with van der Waals surface area (Å²) in [6, 6.07) is 11.9. The quantitative estimate of drug-likeness (QED) is 0.498. The third kappa shape index (κ3) is 5.34. The van der Waals surface area contributed by atoms with Gasteiger partial charge in [0, 0.05) is 35.3 Å². The first-order valence-corrected chi connectivity index (χ1v) is 10.3. The molecule has 0 aliphatic heterocycles. The Morgan fingerprint density at radius 1 is 1.19 bits per heavy atom. The second-order valence-corrected chi connectivity index (χ2v) is 8.06. The number of aromatic amines is 1. The number of aromatic nitrogens is 3. The number of ether oxygens (including phenoxy) is 1. The minimum absolute atomic E-state index is 0.122. The Morgan fingerprint density at radius 3 is 2.63 bits per heavy atom. The zero-order valence-corrected chi connectivity index (χ0v) is 17.3. The predicted molar refractivity (Wildman–Crippen MR) is 111 cm³/mol. The van der Waals surface area contributed by atoms with Crippen LogP contribution in [-0.2, 0) is 11.2 Å². The van der Waals surface area contributed by atoms with Crippen molar-refractivity contribution < 1.29 is 4.74 Å². The van der Waals surface area contributed by atoms with Crippen LogP contribution in [0.4, 0.5) is 0 Å². The molecule has 0 aliphatic carbocycles. The van der Waals surface area contributed by atoms with Crippen molar-refractivity contribution in [1.82, 2.24) is 15.0 Å². The van der Waals surface area contributed by atoms with Crippen molar-refractivity contribution in [1.29, 1.82) is 0 Å². The average Bonchev–Trinajstić information content (AvgIpc) is 3.06. The molecule has 0 bridgehead atoms. The van der Waals surface area contributed by atoms with Crippen molar-refractivity contribution in [3.8, 4) is 0 Å². The Kier molecular flexibility index (Phi) is 6.94. The van der Waals surface area contributed by atoms with Gasteiger partial charge in [-0.2, -0.15) is 0 Å². The lowest BCUT2D eigenvalue weighted by molar-refractivity contribution is 0.0568. The normalized spacial score (nSPS) is 12.5. The average molecular weight is 402 g/mol. The smallest absolute Gasteiger partial charge is 0.137 e. The van der Waals surface area contributed by atoms with Gasteiger partial charge in [-0.25, -0.2) is 4.98 Å². The summed E-state index contributed by atoms with van der Waals surface area (Å²) in [6.07, 6.45) is 4.24. The summed E-state index contributed by atoms with van der Waals surface area (Å²) in [7, 11) is 0. The largest absolute Gasteiger partial charge is 0.370 e. The zero-order valence-electron chi connectivity index (χ0n) is 15.8. The van der Waals surface area contributed by atoms with E-state index in [4.69, 9.17) is 21.3 Å². The van der Waals surface area contributed by atoms with Gasteiger partial charge in [-0.1, -0.05) is 43.3 Å². The van der Waals surface area contributed by atoms with Crippen LogP contribution in [0.2, 0.25) is 5.02 Å². The summed E-state index contributed by atoms with van der Waals surface area (Å²) in [6.45, 7) is 6.97. The third-order valence-corrected chi connectivity index (χ3v) is 5.38. The van der Waals surface area contributed by atoms with Gasteiger partial charge in [0.2, 0.25) is 0 Å². The topological polar surface area (TPSA) is 50.8 Å². The van der Waals surface area contributed by atoms with E-state index >= 15 is 0 Å². The maximum Gasteiger partial charge on any atom is 0.137 e. The molecule has 6 heteroatoms. The fourth-order valence-electron chi connectivity index (χ4n) is 2.82. The SMILES string of the molecule is CCOC(Cc1ccncc1)c1nc(Sc2cccc(Cl)c2)c(C(C)C)[nH]1. The fourth-order valence-corrected chi connectivity index (χ4v) is 4.17. The van der Waals surface area contributed by atoms with Crippen molar-refractivity contribution >= 4 is 23.4 Å². The van der Waals surface area contributed by atoms with Crippen molar-refractivity contribution in [2.75, 3.05) is 6.61 Å². The maximum atomic E-state index is 6.13. The van der Waals surface area contributed by atoms with Crippen LogP contribution in [0.3, 0.4) is 0 Å². The van der Waals surface area contributed by atoms with Crippen LogP contribution in [-0.4, -0.2) is 21.6 Å². The summed E-state index contributed by atoms with van der Waals surface area (Å²) in [5.41, 5.74) is 2.30. The highest BCUT2D eigenvalue weighted by atomic mass is 35.5. The van der Waals surface area contributed by atoms with Crippen LogP contribution in [0.25, 0.3) is 0 Å². The Hall–Kier alpha value is -1.82. The van der Waals surface area contributed by atoms with Crippen molar-refractivity contribution in [3.63, 3.8) is 0 Å². The molecule has 27 heavy (non-hydrogen) atoms. The lowest BCUT2D eigenvalue weighted by Gasteiger charge is -2.14. The Bertz CT molecular complexity index is 867. The molecule has 142 valence electrons. The van der Waals surface area contributed by atoms with Gasteiger partial charge in [0.05, 0.1) is 5.69 Å². The van der Waals surface area contributed by atoms with E-state index in [1.165, 1.54) is 5.56 Å². The number of hydrogen-bond donors (Lipinski definition) is 1. The van der Waals surface area contributed by atoms with E-state index in [1.807, 2.05) is 43.3 Å². The first-order chi connectivity index (χ1) is 13.1. The lowest BCUT2D eigenvalue weighted by atomic mass is 10.1. The standard InChI is InChI=1S/C21H24ClN3OS/c1-4-26-18(12-15-8-10-23-11-9-15)20-24-19(14(2)3)21(25-20)27-17-7-5-6-16(22)13-17/h5-11,13-14,18H,4,12H2,1-3H3,(H,24,25). The van der Waals surface area contributed by atoms with Crippen LogP contribution in [0, 0.1) is 0 Å². The van der Waals surface area contributed by atoms with E-state index in [2.05, 4.69) is 23.8 Å². The summed E-state index contributed by atoms with van der Waals surface area (Å²) in [4.78, 5) is 13.6. The highest BCUT2D eigenvalue weighted by Crippen LogP contribution is 2.35. The van der Waals surface area contributed by atoms with E-state index in [0.717, 1.165) is 32.9 Å². The second-order valence-electron chi connectivity index (χ2n) is 6.56. The first-order valence-electron chi connectivity index (χ1n) is 9.10. The van der Waals surface area contributed by atoms with Crippen LogP contribution < -0.4 is 0 Å². The lowest BCUT2D eigenvalue weighted by Crippen LogP contribution is -2.10. The van der Waals surface area contributed by atoms with Crippen molar-refractivity contribution in [2.24, 2.45) is 0 Å². The summed E-state index contributed by atoms with van der Waals surface area (Å²) < 4.78 is 6.00. The van der Waals surface area contributed by atoms with Gasteiger partial charge < -0.3 is 9.72 Å². The van der Waals surface area contributed by atoms with Crippen LogP contribution >= 0.6 is 23.4 Å². The van der Waals surface area contributed by atoms with Crippen molar-refractivity contribution in [2.45, 2.75) is 49.1 Å². The van der Waals surface area contributed by atoms with E-state index in [1.54, 1.807) is 24.2 Å². The van der Waals surface area contributed by atoms with Crippen LogP contribution in [0.15, 0.2) is 58.7 Å². The van der Waals surface area contributed by atoms with Gasteiger partial charge in [0.15, 0.2) is 0 Å². The van der Waals surface area contributed by atoms with Gasteiger partial charge in [0.1, 0.15) is 17.0 Å². The second kappa shape index (κ2) is 9.40. The molecule has 1 unspecified atom stereocenters. The molecule has 4 nitrogen and oxygen atoms in total. The molecule has 1 atom stereocenters. The summed E-state index contributed by atoms with van der Waals surface area (Å²) in [5.74, 6) is 1.19. The molecule has 0 aliphatic rings. The number of H-pyrrole nitrogens is 1. The van der Waals surface area contributed by atoms with Gasteiger partial charge >= 0.3 is 0 Å². The number of hydrogen-bond acceptors (Lipinski definition) is 4. The number of nitrogens with one attached hydrogen (secondary N) is 1. The van der Waals surface area contributed by atoms with Crippen LogP contribution in [0.5, 0.6) is 0 Å². The fraction of sp³-hybridized carbons (Fsp3) is 0.333. The van der Waals surface area contributed by atoms with Crippen LogP contribution in [0.1, 0.15) is 49.9 Å². The number of benzene rings is 1. The molecule has 0 fully saturated rings. The van der Waals surface area contributed by atoms with E-state index in [9.17, 15) is 0 Å². The monoisotopic (exact) mass is 401 g/mol. The number of pyridine rings is 1. The van der Waals surface area contributed by atoms with Crippen molar-refractivity contribution in [3.05, 3.63) is 70.9 Å². The molecule has 0 saturated carbocycles. The first kappa shape index (κ1) is 19.9. The molecule has 0 spiro atoms. The molecular weight excluding hydrogens is 378 g/mol. The van der Waals surface area contributed by atoms with Gasteiger partial charge in [-0.3, -0.25) is 4.98 Å².